The SMILES string of the molecule is COC(=O)N1CCN(C(=O)c2ccccc2I)CC1. The van der Waals surface area contributed by atoms with E-state index in [-0.39, 0.29) is 12.0 Å². The smallest absolute Gasteiger partial charge is 0.409 e. The Morgan fingerprint density at radius 3 is 2.26 bits per heavy atom. The van der Waals surface area contributed by atoms with Crippen molar-refractivity contribution in [1.29, 1.82) is 0 Å². The molecule has 0 aliphatic carbocycles. The highest BCUT2D eigenvalue weighted by Gasteiger charge is 2.25. The van der Waals surface area contributed by atoms with E-state index in [1.807, 2.05) is 24.3 Å². The Morgan fingerprint density at radius 2 is 1.68 bits per heavy atom. The lowest BCUT2D eigenvalue weighted by atomic mass is 10.2. The molecule has 0 saturated carbocycles. The fraction of sp³-hybridized carbons (Fsp3) is 0.385. The number of halogens is 1. The topological polar surface area (TPSA) is 49.9 Å². The summed E-state index contributed by atoms with van der Waals surface area (Å²) in [5, 5.41) is 0. The van der Waals surface area contributed by atoms with Gasteiger partial charge in [-0.25, -0.2) is 4.79 Å². The molecule has 102 valence electrons. The molecule has 0 spiro atoms. The first kappa shape index (κ1) is 14.1. The molecular weight excluding hydrogens is 359 g/mol. The van der Waals surface area contributed by atoms with Crippen LogP contribution in [-0.4, -0.2) is 55.1 Å². The van der Waals surface area contributed by atoms with E-state index in [0.29, 0.717) is 26.2 Å². The minimum absolute atomic E-state index is 0.0227. The Hall–Kier alpha value is -1.31. The average Bonchev–Trinajstić information content (AvgIpc) is 2.46. The Labute approximate surface area is 125 Å². The van der Waals surface area contributed by atoms with E-state index < -0.39 is 0 Å². The monoisotopic (exact) mass is 374 g/mol. The molecule has 1 aliphatic heterocycles. The van der Waals surface area contributed by atoms with E-state index >= 15 is 0 Å². The summed E-state index contributed by atoms with van der Waals surface area (Å²) in [7, 11) is 1.37. The predicted octanol–water partition coefficient (Wildman–Crippen LogP) is 1.82. The van der Waals surface area contributed by atoms with Crippen LogP contribution >= 0.6 is 22.6 Å². The van der Waals surface area contributed by atoms with Crippen molar-refractivity contribution in [1.82, 2.24) is 9.80 Å². The first-order valence-electron chi connectivity index (χ1n) is 6.00. The predicted molar refractivity (Wildman–Crippen MR) is 79.0 cm³/mol. The minimum atomic E-state index is -0.332. The van der Waals surface area contributed by atoms with Gasteiger partial charge in [0.05, 0.1) is 12.7 Å². The summed E-state index contributed by atoms with van der Waals surface area (Å²) in [6.07, 6.45) is -0.332. The second kappa shape index (κ2) is 6.23. The number of hydrogen-bond donors (Lipinski definition) is 0. The number of carbonyl (C=O) groups is 2. The van der Waals surface area contributed by atoms with E-state index in [9.17, 15) is 9.59 Å². The number of rotatable bonds is 1. The molecular formula is C13H15IN2O3. The molecule has 6 heteroatoms. The summed E-state index contributed by atoms with van der Waals surface area (Å²) in [4.78, 5) is 27.1. The van der Waals surface area contributed by atoms with Gasteiger partial charge in [-0.05, 0) is 34.7 Å². The van der Waals surface area contributed by atoms with Crippen LogP contribution in [0.15, 0.2) is 24.3 Å². The summed E-state index contributed by atoms with van der Waals surface area (Å²) in [5.74, 6) is 0.0227. The zero-order chi connectivity index (χ0) is 13.8. The van der Waals surface area contributed by atoms with E-state index in [0.717, 1.165) is 9.13 Å². The molecule has 0 radical (unpaired) electrons. The standard InChI is InChI=1S/C13H15IN2O3/c1-19-13(18)16-8-6-15(7-9-16)12(17)10-4-2-3-5-11(10)14/h2-5H,6-9H2,1H3. The van der Waals surface area contributed by atoms with Crippen LogP contribution in [-0.2, 0) is 4.74 Å². The maximum Gasteiger partial charge on any atom is 0.409 e. The molecule has 1 aromatic rings. The highest BCUT2D eigenvalue weighted by Crippen LogP contribution is 2.15. The van der Waals surface area contributed by atoms with Crippen LogP contribution in [0.5, 0.6) is 0 Å². The quantitative estimate of drug-likeness (QED) is 0.705. The fourth-order valence-electron chi connectivity index (χ4n) is 2.03. The third-order valence-electron chi connectivity index (χ3n) is 3.10. The van der Waals surface area contributed by atoms with Gasteiger partial charge in [-0.3, -0.25) is 4.79 Å². The van der Waals surface area contributed by atoms with Crippen LogP contribution in [0.3, 0.4) is 0 Å². The van der Waals surface area contributed by atoms with Gasteiger partial charge in [0.1, 0.15) is 0 Å². The third-order valence-corrected chi connectivity index (χ3v) is 4.04. The summed E-state index contributed by atoms with van der Waals surface area (Å²) < 4.78 is 5.62. The molecule has 1 aromatic carbocycles. The highest BCUT2D eigenvalue weighted by atomic mass is 127. The number of piperazine rings is 1. The second-order valence-corrected chi connectivity index (χ2v) is 5.39. The van der Waals surface area contributed by atoms with Crippen molar-refractivity contribution in [3.63, 3.8) is 0 Å². The molecule has 2 rings (SSSR count). The molecule has 1 aliphatic rings. The number of benzene rings is 1. The van der Waals surface area contributed by atoms with Crippen molar-refractivity contribution in [2.24, 2.45) is 0 Å². The lowest BCUT2D eigenvalue weighted by molar-refractivity contribution is 0.0599. The number of nitrogens with zero attached hydrogens (tertiary/aromatic N) is 2. The summed E-state index contributed by atoms with van der Waals surface area (Å²) in [5.41, 5.74) is 0.717. The van der Waals surface area contributed by atoms with Crippen LogP contribution in [0.25, 0.3) is 0 Å². The number of methoxy groups -OCH3 is 1. The maximum atomic E-state index is 12.4. The van der Waals surface area contributed by atoms with Gasteiger partial charge in [-0.15, -0.1) is 0 Å². The van der Waals surface area contributed by atoms with Gasteiger partial charge in [-0.2, -0.15) is 0 Å². The van der Waals surface area contributed by atoms with Crippen LogP contribution in [0.4, 0.5) is 4.79 Å². The lowest BCUT2D eigenvalue weighted by Crippen LogP contribution is -2.50. The molecule has 0 unspecified atom stereocenters. The van der Waals surface area contributed by atoms with Crippen LogP contribution in [0.1, 0.15) is 10.4 Å². The van der Waals surface area contributed by atoms with Crippen molar-refractivity contribution >= 4 is 34.6 Å². The zero-order valence-corrected chi connectivity index (χ0v) is 12.8. The van der Waals surface area contributed by atoms with Gasteiger partial charge < -0.3 is 14.5 Å². The number of hydrogen-bond acceptors (Lipinski definition) is 3. The normalized spacial score (nSPS) is 15.3. The van der Waals surface area contributed by atoms with Gasteiger partial charge in [-0.1, -0.05) is 12.1 Å². The van der Waals surface area contributed by atoms with Crippen molar-refractivity contribution in [2.75, 3.05) is 33.3 Å². The van der Waals surface area contributed by atoms with Gasteiger partial charge in [0.25, 0.3) is 5.91 Å². The van der Waals surface area contributed by atoms with E-state index in [4.69, 9.17) is 0 Å². The Bertz CT molecular complexity index is 485. The van der Waals surface area contributed by atoms with Crippen molar-refractivity contribution < 1.29 is 14.3 Å². The molecule has 0 atom stereocenters. The Kier molecular flexibility index (Phi) is 4.62. The van der Waals surface area contributed by atoms with Gasteiger partial charge >= 0.3 is 6.09 Å². The third kappa shape index (κ3) is 3.17. The molecule has 2 amide bonds. The van der Waals surface area contributed by atoms with E-state index in [1.54, 1.807) is 9.80 Å². The molecule has 1 fully saturated rings. The Balaban J connectivity index is 2.00. The van der Waals surface area contributed by atoms with E-state index in [2.05, 4.69) is 27.3 Å². The van der Waals surface area contributed by atoms with Crippen molar-refractivity contribution in [2.45, 2.75) is 0 Å². The van der Waals surface area contributed by atoms with Crippen LogP contribution in [0.2, 0.25) is 0 Å². The summed E-state index contributed by atoms with van der Waals surface area (Å²) in [6.45, 7) is 2.11. The lowest BCUT2D eigenvalue weighted by Gasteiger charge is -2.34. The first-order valence-corrected chi connectivity index (χ1v) is 7.08. The molecule has 0 aromatic heterocycles. The fourth-order valence-corrected chi connectivity index (χ4v) is 2.64. The van der Waals surface area contributed by atoms with Gasteiger partial charge in [0, 0.05) is 29.7 Å². The average molecular weight is 374 g/mol. The van der Waals surface area contributed by atoms with Gasteiger partial charge in [0.15, 0.2) is 0 Å². The molecule has 1 saturated heterocycles. The highest BCUT2D eigenvalue weighted by molar-refractivity contribution is 14.1. The minimum Gasteiger partial charge on any atom is -0.453 e. The Morgan fingerprint density at radius 1 is 1.11 bits per heavy atom. The van der Waals surface area contributed by atoms with Crippen LogP contribution in [0, 0.1) is 3.57 Å². The molecule has 19 heavy (non-hydrogen) atoms. The zero-order valence-electron chi connectivity index (χ0n) is 10.6. The van der Waals surface area contributed by atoms with Crippen molar-refractivity contribution in [3.8, 4) is 0 Å². The molecule has 0 bridgehead atoms. The van der Waals surface area contributed by atoms with E-state index in [1.165, 1.54) is 7.11 Å². The number of carbonyl (C=O) groups excluding carboxylic acids is 2. The van der Waals surface area contributed by atoms with Crippen molar-refractivity contribution in [3.05, 3.63) is 33.4 Å². The second-order valence-electron chi connectivity index (χ2n) is 4.23. The maximum absolute atomic E-state index is 12.4. The van der Waals surface area contributed by atoms with Gasteiger partial charge in [0.2, 0.25) is 0 Å². The number of ether oxygens (including phenoxy) is 1. The first-order chi connectivity index (χ1) is 9.13. The molecule has 0 N–H and O–H groups in total. The van der Waals surface area contributed by atoms with Crippen LogP contribution < -0.4 is 0 Å². The summed E-state index contributed by atoms with van der Waals surface area (Å²) >= 11 is 2.16. The molecule has 5 nitrogen and oxygen atoms in total. The summed E-state index contributed by atoms with van der Waals surface area (Å²) in [6, 6.07) is 7.52. The molecule has 1 heterocycles. The largest absolute Gasteiger partial charge is 0.453 e. The number of amides is 2.